The van der Waals surface area contributed by atoms with Gasteiger partial charge in [-0.3, -0.25) is 0 Å². The molecular formula is C16H25NO2. The van der Waals surface area contributed by atoms with E-state index in [1.807, 2.05) is 12.1 Å². The second kappa shape index (κ2) is 6.40. The molecule has 2 atom stereocenters. The molecule has 1 aromatic rings. The molecule has 2 rings (SSSR count). The summed E-state index contributed by atoms with van der Waals surface area (Å²) < 4.78 is 5.80. The Kier molecular flexibility index (Phi) is 4.83. The van der Waals surface area contributed by atoms with Crippen molar-refractivity contribution in [2.45, 2.75) is 44.6 Å². The molecule has 3 N–H and O–H groups in total. The van der Waals surface area contributed by atoms with Gasteiger partial charge in [0.15, 0.2) is 0 Å². The van der Waals surface area contributed by atoms with E-state index in [4.69, 9.17) is 10.5 Å². The smallest absolute Gasteiger partial charge is 0.119 e. The van der Waals surface area contributed by atoms with E-state index in [-0.39, 0.29) is 5.92 Å². The van der Waals surface area contributed by atoms with Crippen molar-refractivity contribution in [3.63, 3.8) is 0 Å². The van der Waals surface area contributed by atoms with Crippen LogP contribution in [-0.4, -0.2) is 23.9 Å². The molecule has 0 saturated heterocycles. The molecule has 0 bridgehead atoms. The maximum Gasteiger partial charge on any atom is 0.119 e. The monoisotopic (exact) mass is 263 g/mol. The van der Waals surface area contributed by atoms with Crippen molar-refractivity contribution < 1.29 is 9.84 Å². The fourth-order valence-corrected chi connectivity index (χ4v) is 2.98. The first kappa shape index (κ1) is 14.4. The lowest BCUT2D eigenvalue weighted by Gasteiger charge is -2.28. The van der Waals surface area contributed by atoms with Crippen molar-refractivity contribution in [1.29, 1.82) is 0 Å². The van der Waals surface area contributed by atoms with Crippen LogP contribution in [0.3, 0.4) is 0 Å². The van der Waals surface area contributed by atoms with Crippen LogP contribution in [0.4, 0.5) is 0 Å². The maximum absolute atomic E-state index is 10.4. The number of aryl methyl sites for hydroxylation is 1. The average Bonchev–Trinajstić information content (AvgIpc) is 2.81. The number of aliphatic hydroxyl groups is 1. The number of rotatable bonds is 6. The van der Waals surface area contributed by atoms with Gasteiger partial charge >= 0.3 is 0 Å². The van der Waals surface area contributed by atoms with Gasteiger partial charge in [0, 0.05) is 6.54 Å². The summed E-state index contributed by atoms with van der Waals surface area (Å²) in [5, 5.41) is 10.4. The Hall–Kier alpha value is -1.06. The van der Waals surface area contributed by atoms with Gasteiger partial charge in [0.25, 0.3) is 0 Å². The quantitative estimate of drug-likeness (QED) is 0.829. The van der Waals surface area contributed by atoms with Gasteiger partial charge in [-0.25, -0.2) is 0 Å². The van der Waals surface area contributed by atoms with Crippen molar-refractivity contribution in [2.75, 3.05) is 13.2 Å². The number of hydrogen-bond donors (Lipinski definition) is 2. The van der Waals surface area contributed by atoms with Crippen LogP contribution in [0.25, 0.3) is 0 Å². The van der Waals surface area contributed by atoms with Crippen LogP contribution in [0.15, 0.2) is 24.3 Å². The fourth-order valence-electron chi connectivity index (χ4n) is 2.98. The predicted octanol–water partition coefficient (Wildman–Crippen LogP) is 2.51. The van der Waals surface area contributed by atoms with Crippen molar-refractivity contribution in [3.8, 4) is 5.75 Å². The van der Waals surface area contributed by atoms with Gasteiger partial charge in [0.05, 0.1) is 12.2 Å². The number of nitrogens with two attached hydrogens (primary N) is 1. The minimum absolute atomic E-state index is 0.284. The summed E-state index contributed by atoms with van der Waals surface area (Å²) in [5.41, 5.74) is 6.32. The van der Waals surface area contributed by atoms with Crippen LogP contribution in [0.5, 0.6) is 5.75 Å². The highest BCUT2D eigenvalue weighted by atomic mass is 16.5. The van der Waals surface area contributed by atoms with Crippen LogP contribution in [0.1, 0.15) is 38.2 Å². The van der Waals surface area contributed by atoms with E-state index in [1.165, 1.54) is 5.56 Å². The molecule has 106 valence electrons. The van der Waals surface area contributed by atoms with Gasteiger partial charge in [-0.05, 0) is 49.3 Å². The molecule has 0 heterocycles. The van der Waals surface area contributed by atoms with E-state index < -0.39 is 5.60 Å². The van der Waals surface area contributed by atoms with Gasteiger partial charge < -0.3 is 15.6 Å². The van der Waals surface area contributed by atoms with Gasteiger partial charge in [0.2, 0.25) is 0 Å². The zero-order valence-electron chi connectivity index (χ0n) is 11.8. The molecule has 1 aliphatic rings. The number of hydrogen-bond acceptors (Lipinski definition) is 3. The Morgan fingerprint density at radius 1 is 1.47 bits per heavy atom. The summed E-state index contributed by atoms with van der Waals surface area (Å²) in [4.78, 5) is 0. The third-order valence-corrected chi connectivity index (χ3v) is 4.32. The van der Waals surface area contributed by atoms with Crippen LogP contribution < -0.4 is 10.5 Å². The Morgan fingerprint density at radius 2 is 2.32 bits per heavy atom. The third kappa shape index (κ3) is 3.48. The van der Waals surface area contributed by atoms with Crippen LogP contribution in [0, 0.1) is 5.92 Å². The zero-order valence-corrected chi connectivity index (χ0v) is 11.8. The summed E-state index contributed by atoms with van der Waals surface area (Å²) in [6, 6.07) is 8.21. The highest BCUT2D eigenvalue weighted by molar-refractivity contribution is 5.28. The molecule has 0 spiro atoms. The Morgan fingerprint density at radius 3 is 3.05 bits per heavy atom. The van der Waals surface area contributed by atoms with E-state index in [0.717, 1.165) is 37.9 Å². The van der Waals surface area contributed by atoms with Crippen LogP contribution in [-0.2, 0) is 6.42 Å². The molecule has 0 amide bonds. The van der Waals surface area contributed by atoms with Crippen molar-refractivity contribution in [3.05, 3.63) is 29.8 Å². The fraction of sp³-hybridized carbons (Fsp3) is 0.625. The molecular weight excluding hydrogens is 238 g/mol. The number of ether oxygens (including phenoxy) is 1. The van der Waals surface area contributed by atoms with E-state index in [9.17, 15) is 5.11 Å². The highest BCUT2D eigenvalue weighted by Gasteiger charge is 2.39. The largest absolute Gasteiger partial charge is 0.494 e. The average molecular weight is 263 g/mol. The lowest BCUT2D eigenvalue weighted by molar-refractivity contribution is 0.00355. The van der Waals surface area contributed by atoms with Gasteiger partial charge in [-0.15, -0.1) is 0 Å². The van der Waals surface area contributed by atoms with Crippen molar-refractivity contribution in [2.24, 2.45) is 11.7 Å². The standard InChI is InChI=1S/C16H25NO2/c1-2-13-5-3-7-15(11-13)19-10-8-14-6-4-9-16(14,18)12-17/h3,5,7,11,14,18H,2,4,6,8-10,12,17H2,1H3. The van der Waals surface area contributed by atoms with Crippen LogP contribution in [0.2, 0.25) is 0 Å². The molecule has 0 aromatic heterocycles. The van der Waals surface area contributed by atoms with E-state index in [2.05, 4.69) is 19.1 Å². The van der Waals surface area contributed by atoms with E-state index in [1.54, 1.807) is 0 Å². The molecule has 2 unspecified atom stereocenters. The topological polar surface area (TPSA) is 55.5 Å². The van der Waals surface area contributed by atoms with Crippen molar-refractivity contribution >= 4 is 0 Å². The summed E-state index contributed by atoms with van der Waals surface area (Å²) in [6.45, 7) is 3.15. The molecule has 3 heteroatoms. The van der Waals surface area contributed by atoms with Crippen molar-refractivity contribution in [1.82, 2.24) is 0 Å². The first-order valence-corrected chi connectivity index (χ1v) is 7.32. The highest BCUT2D eigenvalue weighted by Crippen LogP contribution is 2.37. The Labute approximate surface area is 115 Å². The zero-order chi connectivity index (χ0) is 13.7. The summed E-state index contributed by atoms with van der Waals surface area (Å²) in [5.74, 6) is 1.21. The molecule has 1 aromatic carbocycles. The molecule has 0 aliphatic heterocycles. The molecule has 3 nitrogen and oxygen atoms in total. The van der Waals surface area contributed by atoms with Gasteiger partial charge in [0.1, 0.15) is 5.75 Å². The molecule has 19 heavy (non-hydrogen) atoms. The predicted molar refractivity (Wildman–Crippen MR) is 77.3 cm³/mol. The number of benzene rings is 1. The summed E-state index contributed by atoms with van der Waals surface area (Å²) >= 11 is 0. The molecule has 0 radical (unpaired) electrons. The first-order chi connectivity index (χ1) is 9.18. The minimum Gasteiger partial charge on any atom is -0.494 e. The normalized spacial score (nSPS) is 26.6. The second-order valence-corrected chi connectivity index (χ2v) is 5.53. The first-order valence-electron chi connectivity index (χ1n) is 7.32. The van der Waals surface area contributed by atoms with Gasteiger partial charge in [-0.2, -0.15) is 0 Å². The summed E-state index contributed by atoms with van der Waals surface area (Å²) in [6.07, 6.45) is 4.87. The Balaban J connectivity index is 1.83. The lowest BCUT2D eigenvalue weighted by Crippen LogP contribution is -2.41. The van der Waals surface area contributed by atoms with E-state index >= 15 is 0 Å². The summed E-state index contributed by atoms with van der Waals surface area (Å²) in [7, 11) is 0. The molecule has 1 aliphatic carbocycles. The Bertz CT molecular complexity index is 407. The lowest BCUT2D eigenvalue weighted by atomic mass is 9.88. The molecule has 1 saturated carbocycles. The maximum atomic E-state index is 10.4. The minimum atomic E-state index is -0.658. The second-order valence-electron chi connectivity index (χ2n) is 5.53. The van der Waals surface area contributed by atoms with E-state index in [0.29, 0.717) is 13.2 Å². The van der Waals surface area contributed by atoms with Gasteiger partial charge in [-0.1, -0.05) is 25.5 Å². The van der Waals surface area contributed by atoms with Crippen LogP contribution >= 0.6 is 0 Å². The third-order valence-electron chi connectivity index (χ3n) is 4.32. The SMILES string of the molecule is CCc1cccc(OCCC2CCCC2(O)CN)c1. The molecule has 1 fully saturated rings.